The number of hydrogen-bond acceptors (Lipinski definition) is 4. The second kappa shape index (κ2) is 6.70. The molecule has 0 heterocycles. The van der Waals surface area contributed by atoms with Crippen LogP contribution in [0.2, 0.25) is 0 Å². The standard InChI is InChI=1S/C17H16FNO4S/c18-14-5-1-12(2-6-14)11-23-17(20)13-3-9-16(10-4-13)24(21,22)19-15-7-8-15/h1-6,9-10,15,19H,7-8,11H2. The summed E-state index contributed by atoms with van der Waals surface area (Å²) in [5.41, 5.74) is 0.917. The third-order valence-electron chi connectivity index (χ3n) is 3.58. The second-order valence-corrected chi connectivity index (χ2v) is 7.34. The van der Waals surface area contributed by atoms with Gasteiger partial charge < -0.3 is 4.74 Å². The fourth-order valence-electron chi connectivity index (χ4n) is 2.07. The Morgan fingerprint density at radius 1 is 1.08 bits per heavy atom. The van der Waals surface area contributed by atoms with Gasteiger partial charge >= 0.3 is 5.97 Å². The molecule has 24 heavy (non-hydrogen) atoms. The molecule has 1 fully saturated rings. The van der Waals surface area contributed by atoms with Crippen molar-refractivity contribution in [1.82, 2.24) is 4.72 Å². The van der Waals surface area contributed by atoms with Crippen LogP contribution < -0.4 is 4.72 Å². The zero-order chi connectivity index (χ0) is 17.2. The highest BCUT2D eigenvalue weighted by molar-refractivity contribution is 7.89. The Bertz CT molecular complexity index is 828. The van der Waals surface area contributed by atoms with Crippen molar-refractivity contribution in [3.8, 4) is 0 Å². The highest BCUT2D eigenvalue weighted by atomic mass is 32.2. The molecule has 7 heteroatoms. The molecule has 0 saturated heterocycles. The predicted octanol–water partition coefficient (Wildman–Crippen LogP) is 2.62. The Morgan fingerprint density at radius 2 is 1.71 bits per heavy atom. The molecule has 0 aliphatic heterocycles. The number of esters is 1. The minimum atomic E-state index is -3.54. The van der Waals surface area contributed by atoms with Crippen LogP contribution in [0.25, 0.3) is 0 Å². The zero-order valence-electron chi connectivity index (χ0n) is 12.7. The first-order valence-electron chi connectivity index (χ1n) is 7.48. The molecule has 0 spiro atoms. The minimum Gasteiger partial charge on any atom is -0.457 e. The van der Waals surface area contributed by atoms with E-state index in [2.05, 4.69) is 4.72 Å². The van der Waals surface area contributed by atoms with Gasteiger partial charge in [0.1, 0.15) is 12.4 Å². The monoisotopic (exact) mass is 349 g/mol. The molecule has 3 rings (SSSR count). The summed E-state index contributed by atoms with van der Waals surface area (Å²) in [5.74, 6) is -0.930. The van der Waals surface area contributed by atoms with E-state index in [0.29, 0.717) is 5.56 Å². The van der Waals surface area contributed by atoms with Gasteiger partial charge in [-0.2, -0.15) is 0 Å². The van der Waals surface area contributed by atoms with Gasteiger partial charge in [0.15, 0.2) is 0 Å². The third kappa shape index (κ3) is 4.18. The number of benzene rings is 2. The van der Waals surface area contributed by atoms with E-state index in [0.717, 1.165) is 12.8 Å². The van der Waals surface area contributed by atoms with E-state index in [4.69, 9.17) is 4.74 Å². The maximum Gasteiger partial charge on any atom is 0.338 e. The number of rotatable bonds is 6. The molecule has 0 radical (unpaired) electrons. The lowest BCUT2D eigenvalue weighted by Crippen LogP contribution is -2.25. The number of nitrogens with one attached hydrogen (secondary N) is 1. The van der Waals surface area contributed by atoms with E-state index < -0.39 is 16.0 Å². The number of hydrogen-bond donors (Lipinski definition) is 1. The predicted molar refractivity (Wildman–Crippen MR) is 85.3 cm³/mol. The van der Waals surface area contributed by atoms with Crippen molar-refractivity contribution in [2.24, 2.45) is 0 Å². The summed E-state index contributed by atoms with van der Waals surface area (Å²) in [6.45, 7) is 0.0163. The summed E-state index contributed by atoms with van der Waals surface area (Å²) in [5, 5.41) is 0. The van der Waals surface area contributed by atoms with Gasteiger partial charge in [-0.25, -0.2) is 22.3 Å². The molecule has 1 aliphatic carbocycles. The van der Waals surface area contributed by atoms with Crippen molar-refractivity contribution in [3.05, 3.63) is 65.5 Å². The lowest BCUT2D eigenvalue weighted by atomic mass is 10.2. The SMILES string of the molecule is O=C(OCc1ccc(F)cc1)c1ccc(S(=O)(=O)NC2CC2)cc1. The molecule has 0 aromatic heterocycles. The Balaban J connectivity index is 1.62. The van der Waals surface area contributed by atoms with Crippen LogP contribution in [0.1, 0.15) is 28.8 Å². The Kier molecular flexibility index (Phi) is 4.64. The molecule has 0 unspecified atom stereocenters. The van der Waals surface area contributed by atoms with Crippen LogP contribution in [0.15, 0.2) is 53.4 Å². The Morgan fingerprint density at radius 3 is 2.29 bits per heavy atom. The van der Waals surface area contributed by atoms with Crippen molar-refractivity contribution in [2.45, 2.75) is 30.4 Å². The largest absolute Gasteiger partial charge is 0.457 e. The maximum atomic E-state index is 12.8. The number of ether oxygens (including phenoxy) is 1. The third-order valence-corrected chi connectivity index (χ3v) is 5.12. The number of sulfonamides is 1. The van der Waals surface area contributed by atoms with Gasteiger partial charge in [-0.15, -0.1) is 0 Å². The summed E-state index contributed by atoms with van der Waals surface area (Å²) < 4.78 is 44.6. The van der Waals surface area contributed by atoms with E-state index in [1.807, 2.05) is 0 Å². The zero-order valence-corrected chi connectivity index (χ0v) is 13.6. The topological polar surface area (TPSA) is 72.5 Å². The molecular formula is C17H16FNO4S. The van der Waals surface area contributed by atoms with E-state index in [1.54, 1.807) is 0 Å². The van der Waals surface area contributed by atoms with E-state index in [9.17, 15) is 17.6 Å². The molecule has 126 valence electrons. The normalized spacial score (nSPS) is 14.4. The minimum absolute atomic E-state index is 0.0163. The Labute approximate surface area is 139 Å². The fraction of sp³-hybridized carbons (Fsp3) is 0.235. The second-order valence-electron chi connectivity index (χ2n) is 5.62. The number of halogens is 1. The first-order chi connectivity index (χ1) is 11.4. The molecular weight excluding hydrogens is 333 g/mol. The van der Waals surface area contributed by atoms with Crippen LogP contribution in [0, 0.1) is 5.82 Å². The molecule has 2 aromatic carbocycles. The molecule has 2 aromatic rings. The van der Waals surface area contributed by atoms with Crippen LogP contribution in [0.3, 0.4) is 0 Å². The molecule has 1 N–H and O–H groups in total. The summed E-state index contributed by atoms with van der Waals surface area (Å²) in [6.07, 6.45) is 1.71. The van der Waals surface area contributed by atoms with Crippen LogP contribution in [0.5, 0.6) is 0 Å². The van der Waals surface area contributed by atoms with Crippen molar-refractivity contribution < 1.29 is 22.3 Å². The van der Waals surface area contributed by atoms with Crippen LogP contribution in [0.4, 0.5) is 4.39 Å². The van der Waals surface area contributed by atoms with Gasteiger partial charge in [0, 0.05) is 6.04 Å². The lowest BCUT2D eigenvalue weighted by molar-refractivity contribution is 0.0472. The van der Waals surface area contributed by atoms with Gasteiger partial charge in [0.05, 0.1) is 10.5 Å². The summed E-state index contributed by atoms with van der Waals surface area (Å²) in [6, 6.07) is 11.2. The molecule has 0 amide bonds. The molecule has 0 atom stereocenters. The highest BCUT2D eigenvalue weighted by Gasteiger charge is 2.28. The van der Waals surface area contributed by atoms with E-state index in [1.165, 1.54) is 48.5 Å². The van der Waals surface area contributed by atoms with Gasteiger partial charge in [-0.05, 0) is 54.8 Å². The van der Waals surface area contributed by atoms with Gasteiger partial charge in [-0.3, -0.25) is 0 Å². The quantitative estimate of drug-likeness (QED) is 0.814. The van der Waals surface area contributed by atoms with E-state index >= 15 is 0 Å². The molecule has 0 bridgehead atoms. The first kappa shape index (κ1) is 16.6. The van der Waals surface area contributed by atoms with Crippen LogP contribution in [-0.4, -0.2) is 20.4 Å². The summed E-state index contributed by atoms with van der Waals surface area (Å²) in [4.78, 5) is 12.1. The fourth-order valence-corrected chi connectivity index (χ4v) is 3.38. The average molecular weight is 349 g/mol. The first-order valence-corrected chi connectivity index (χ1v) is 8.96. The molecule has 5 nitrogen and oxygen atoms in total. The van der Waals surface area contributed by atoms with Crippen LogP contribution >= 0.6 is 0 Å². The van der Waals surface area contributed by atoms with Crippen LogP contribution in [-0.2, 0) is 21.4 Å². The van der Waals surface area contributed by atoms with E-state index in [-0.39, 0.29) is 28.9 Å². The van der Waals surface area contributed by atoms with Gasteiger partial charge in [0.25, 0.3) is 0 Å². The number of carbonyl (C=O) groups is 1. The van der Waals surface area contributed by atoms with Crippen molar-refractivity contribution >= 4 is 16.0 Å². The summed E-state index contributed by atoms with van der Waals surface area (Å²) in [7, 11) is -3.54. The Hall–Kier alpha value is -2.25. The van der Waals surface area contributed by atoms with Gasteiger partial charge in [0.2, 0.25) is 10.0 Å². The van der Waals surface area contributed by atoms with Gasteiger partial charge in [-0.1, -0.05) is 12.1 Å². The average Bonchev–Trinajstić information content (AvgIpc) is 3.37. The maximum absolute atomic E-state index is 12.8. The molecule has 1 saturated carbocycles. The molecule has 1 aliphatic rings. The van der Waals surface area contributed by atoms with Crippen molar-refractivity contribution in [2.75, 3.05) is 0 Å². The lowest BCUT2D eigenvalue weighted by Gasteiger charge is -2.07. The highest BCUT2D eigenvalue weighted by Crippen LogP contribution is 2.22. The van der Waals surface area contributed by atoms with Crippen molar-refractivity contribution in [1.29, 1.82) is 0 Å². The van der Waals surface area contributed by atoms with Crippen molar-refractivity contribution in [3.63, 3.8) is 0 Å². The summed E-state index contributed by atoms with van der Waals surface area (Å²) >= 11 is 0. The number of carbonyl (C=O) groups excluding carboxylic acids is 1. The smallest absolute Gasteiger partial charge is 0.338 e.